The predicted octanol–water partition coefficient (Wildman–Crippen LogP) is 5.63. The second-order valence-electron chi connectivity index (χ2n) is 8.72. The highest BCUT2D eigenvalue weighted by Crippen LogP contribution is 2.79. The molecule has 0 saturated heterocycles. The summed E-state index contributed by atoms with van der Waals surface area (Å²) in [7, 11) is 0. The summed E-state index contributed by atoms with van der Waals surface area (Å²) < 4.78 is 0. The van der Waals surface area contributed by atoms with Crippen molar-refractivity contribution in [3.05, 3.63) is 68.8 Å². The van der Waals surface area contributed by atoms with Gasteiger partial charge in [0, 0.05) is 0 Å². The molecule has 0 aliphatic heterocycles. The molecule has 4 unspecified atom stereocenters. The summed E-state index contributed by atoms with van der Waals surface area (Å²) in [5, 5.41) is 0. The van der Waals surface area contributed by atoms with Crippen LogP contribution >= 0.6 is 0 Å². The van der Waals surface area contributed by atoms with Gasteiger partial charge in [0.1, 0.15) is 0 Å². The number of fused-ring (bicyclic) bond motifs is 14. The van der Waals surface area contributed by atoms with Crippen LogP contribution in [0.25, 0.3) is 0 Å². The number of rotatable bonds is 0. The average molecular weight is 300 g/mol. The summed E-state index contributed by atoms with van der Waals surface area (Å²) in [4.78, 5) is 0. The maximum Gasteiger partial charge on any atom is -0.00499 e. The van der Waals surface area contributed by atoms with Gasteiger partial charge in [0.05, 0.1) is 0 Å². The molecule has 0 heteroatoms. The smallest absolute Gasteiger partial charge is 0.00499 e. The van der Waals surface area contributed by atoms with E-state index in [1.54, 1.807) is 44.5 Å². The van der Waals surface area contributed by atoms with Crippen LogP contribution in [0.1, 0.15) is 74.6 Å². The highest BCUT2D eigenvalue weighted by Gasteiger charge is 2.68. The molecule has 6 rings (SSSR count). The maximum absolute atomic E-state index is 2.36. The molecule has 2 bridgehead atoms. The van der Waals surface area contributed by atoms with Crippen LogP contribution in [0, 0.1) is 39.5 Å². The van der Waals surface area contributed by atoms with E-state index in [-0.39, 0.29) is 0 Å². The van der Waals surface area contributed by atoms with Crippen LogP contribution in [0.3, 0.4) is 0 Å². The van der Waals surface area contributed by atoms with E-state index in [0.29, 0.717) is 0 Å². The zero-order chi connectivity index (χ0) is 15.6. The molecule has 0 aromatic heterocycles. The van der Waals surface area contributed by atoms with Crippen LogP contribution in [-0.2, 0) is 0 Å². The second-order valence-corrected chi connectivity index (χ2v) is 8.72. The largest absolute Gasteiger partial charge is 0.0588 e. The number of hydrogen-bond donors (Lipinski definition) is 0. The molecule has 2 aromatic rings. The van der Waals surface area contributed by atoms with Crippen LogP contribution in [0.5, 0.6) is 0 Å². The predicted molar refractivity (Wildman–Crippen MR) is 94.4 cm³/mol. The van der Waals surface area contributed by atoms with Crippen molar-refractivity contribution < 1.29 is 0 Å². The highest BCUT2D eigenvalue weighted by atomic mass is 14.7. The topological polar surface area (TPSA) is 0 Å². The number of aryl methyl sites for hydroxylation is 4. The van der Waals surface area contributed by atoms with E-state index >= 15 is 0 Å². The molecule has 2 fully saturated rings. The van der Waals surface area contributed by atoms with E-state index in [0.717, 1.165) is 35.5 Å². The Morgan fingerprint density at radius 3 is 1.04 bits per heavy atom. The van der Waals surface area contributed by atoms with Crippen LogP contribution < -0.4 is 0 Å². The third-order valence-electron chi connectivity index (χ3n) is 7.94. The van der Waals surface area contributed by atoms with Crippen molar-refractivity contribution in [2.75, 3.05) is 0 Å². The first kappa shape index (κ1) is 12.8. The zero-order valence-electron chi connectivity index (χ0n) is 14.5. The van der Waals surface area contributed by atoms with Gasteiger partial charge >= 0.3 is 0 Å². The van der Waals surface area contributed by atoms with Crippen LogP contribution in [0.2, 0.25) is 0 Å². The highest BCUT2D eigenvalue weighted by molar-refractivity contribution is 5.64. The van der Waals surface area contributed by atoms with Gasteiger partial charge in [-0.05, 0) is 114 Å². The van der Waals surface area contributed by atoms with Gasteiger partial charge in [-0.25, -0.2) is 0 Å². The first-order chi connectivity index (χ1) is 11.1. The Morgan fingerprint density at radius 1 is 0.522 bits per heavy atom. The lowest BCUT2D eigenvalue weighted by molar-refractivity contribution is 0.225. The normalized spacial score (nSPS) is 37.4. The Hall–Kier alpha value is -1.56. The van der Waals surface area contributed by atoms with Gasteiger partial charge in [0.2, 0.25) is 0 Å². The molecule has 4 atom stereocenters. The van der Waals surface area contributed by atoms with Crippen molar-refractivity contribution in [3.63, 3.8) is 0 Å². The standard InChI is InChI=1S/C23H24/c1-10-5-6-11(2)17-16(10)20-14-9-15(21(17)20)23-19-13(4)8-7-12(3)18(19)22(14)23/h5-8,14-15,20-23H,9H2,1-4H3. The molecule has 0 amide bonds. The van der Waals surface area contributed by atoms with Gasteiger partial charge < -0.3 is 0 Å². The van der Waals surface area contributed by atoms with E-state index in [1.807, 2.05) is 0 Å². The third-order valence-corrected chi connectivity index (χ3v) is 7.94. The molecule has 2 aromatic carbocycles. The van der Waals surface area contributed by atoms with Crippen LogP contribution in [0.15, 0.2) is 24.3 Å². The van der Waals surface area contributed by atoms with Crippen molar-refractivity contribution in [2.45, 2.75) is 57.8 Å². The Bertz CT molecular complexity index is 744. The van der Waals surface area contributed by atoms with E-state index < -0.39 is 0 Å². The second kappa shape index (κ2) is 3.74. The molecule has 116 valence electrons. The van der Waals surface area contributed by atoms with Gasteiger partial charge in [-0.3, -0.25) is 0 Å². The molecule has 23 heavy (non-hydrogen) atoms. The zero-order valence-corrected chi connectivity index (χ0v) is 14.5. The quantitative estimate of drug-likeness (QED) is 0.553. The Balaban J connectivity index is 1.54. The number of benzene rings is 2. The molecular formula is C23H24. The van der Waals surface area contributed by atoms with E-state index in [2.05, 4.69) is 52.0 Å². The lowest BCUT2D eigenvalue weighted by Crippen LogP contribution is -2.43. The van der Waals surface area contributed by atoms with E-state index in [4.69, 9.17) is 0 Å². The minimum Gasteiger partial charge on any atom is -0.0588 e. The molecule has 4 aliphatic carbocycles. The third kappa shape index (κ3) is 1.19. The lowest BCUT2D eigenvalue weighted by atomic mass is 9.48. The molecule has 0 radical (unpaired) electrons. The SMILES string of the molecule is Cc1ccc(C)c2c1C1C3CC(C21)C1c2c(C)ccc(C)c2C31. The molecule has 0 nitrogen and oxygen atoms in total. The van der Waals surface area contributed by atoms with Crippen molar-refractivity contribution in [3.8, 4) is 0 Å². The summed E-state index contributed by atoms with van der Waals surface area (Å²) in [6.07, 6.45) is 1.48. The fourth-order valence-electron chi connectivity index (χ4n) is 7.27. The monoisotopic (exact) mass is 300 g/mol. The maximum atomic E-state index is 2.36. The summed E-state index contributed by atoms with van der Waals surface area (Å²) >= 11 is 0. The van der Waals surface area contributed by atoms with Gasteiger partial charge in [0.15, 0.2) is 0 Å². The Labute approximate surface area is 138 Å². The minimum absolute atomic E-state index is 0.879. The van der Waals surface area contributed by atoms with Gasteiger partial charge in [-0.1, -0.05) is 24.3 Å². The first-order valence-electron chi connectivity index (χ1n) is 9.29. The minimum atomic E-state index is 0.879. The van der Waals surface area contributed by atoms with Gasteiger partial charge in [0.25, 0.3) is 0 Å². The van der Waals surface area contributed by atoms with Gasteiger partial charge in [-0.2, -0.15) is 0 Å². The summed E-state index contributed by atoms with van der Waals surface area (Å²) in [6.45, 7) is 9.34. The Morgan fingerprint density at radius 2 is 0.783 bits per heavy atom. The average Bonchev–Trinajstić information content (AvgIpc) is 2.89. The van der Waals surface area contributed by atoms with E-state index in [1.165, 1.54) is 6.42 Å². The summed E-state index contributed by atoms with van der Waals surface area (Å²) in [5.74, 6) is 5.37. The molecular weight excluding hydrogens is 276 g/mol. The van der Waals surface area contributed by atoms with Crippen molar-refractivity contribution in [1.29, 1.82) is 0 Å². The summed E-state index contributed by atoms with van der Waals surface area (Å²) in [5.41, 5.74) is 13.2. The van der Waals surface area contributed by atoms with E-state index in [9.17, 15) is 0 Å². The fraction of sp³-hybridized carbons (Fsp3) is 0.478. The number of hydrogen-bond acceptors (Lipinski definition) is 0. The molecule has 0 heterocycles. The fourth-order valence-corrected chi connectivity index (χ4v) is 7.27. The van der Waals surface area contributed by atoms with Crippen molar-refractivity contribution in [2.24, 2.45) is 11.8 Å². The first-order valence-corrected chi connectivity index (χ1v) is 9.29. The Kier molecular flexibility index (Phi) is 2.08. The summed E-state index contributed by atoms with van der Waals surface area (Å²) in [6, 6.07) is 9.44. The van der Waals surface area contributed by atoms with Crippen molar-refractivity contribution >= 4 is 0 Å². The molecule has 0 N–H and O–H groups in total. The molecule has 4 aliphatic rings. The van der Waals surface area contributed by atoms with Crippen LogP contribution in [-0.4, -0.2) is 0 Å². The molecule has 2 saturated carbocycles. The van der Waals surface area contributed by atoms with Crippen LogP contribution in [0.4, 0.5) is 0 Å². The molecule has 0 spiro atoms. The van der Waals surface area contributed by atoms with Gasteiger partial charge in [-0.15, -0.1) is 0 Å². The van der Waals surface area contributed by atoms with Crippen molar-refractivity contribution in [1.82, 2.24) is 0 Å². The lowest BCUT2D eigenvalue weighted by Gasteiger charge is -2.55.